The molecule has 170 valence electrons. The SMILES string of the molecule is N#Cc1ccc(-n2cc(-c3ccnc4[nH]ccc34)cn2)cc1C(F)(F)F.O=C(O)C(F)(F)F. The summed E-state index contributed by atoms with van der Waals surface area (Å²) >= 11 is 0. The van der Waals surface area contributed by atoms with Crippen LogP contribution in [-0.2, 0) is 11.0 Å². The molecule has 0 saturated carbocycles. The number of alkyl halides is 6. The summed E-state index contributed by atoms with van der Waals surface area (Å²) < 4.78 is 72.5. The summed E-state index contributed by atoms with van der Waals surface area (Å²) in [6, 6.07) is 8.77. The zero-order chi connectivity index (χ0) is 24.4. The topological polar surface area (TPSA) is 108 Å². The van der Waals surface area contributed by atoms with Crippen molar-refractivity contribution >= 4 is 17.0 Å². The Kier molecular flexibility index (Phi) is 6.12. The molecule has 0 fully saturated rings. The van der Waals surface area contributed by atoms with Crippen LogP contribution in [0.2, 0.25) is 0 Å². The van der Waals surface area contributed by atoms with Crippen molar-refractivity contribution in [1.29, 1.82) is 5.26 Å². The molecule has 33 heavy (non-hydrogen) atoms. The zero-order valence-electron chi connectivity index (χ0n) is 16.1. The lowest BCUT2D eigenvalue weighted by molar-refractivity contribution is -0.192. The Morgan fingerprint density at radius 1 is 1.12 bits per heavy atom. The number of halogens is 6. The van der Waals surface area contributed by atoms with Crippen LogP contribution in [0.15, 0.2) is 55.1 Å². The van der Waals surface area contributed by atoms with E-state index in [1.807, 2.05) is 12.1 Å². The van der Waals surface area contributed by atoms with Gasteiger partial charge in [-0.3, -0.25) is 0 Å². The van der Waals surface area contributed by atoms with E-state index in [4.69, 9.17) is 15.2 Å². The van der Waals surface area contributed by atoms with Gasteiger partial charge < -0.3 is 10.1 Å². The smallest absolute Gasteiger partial charge is 0.475 e. The van der Waals surface area contributed by atoms with Crippen LogP contribution in [-0.4, -0.2) is 37.0 Å². The number of aromatic nitrogens is 4. The number of carboxylic acid groups (broad SMARTS) is 1. The highest BCUT2D eigenvalue weighted by Gasteiger charge is 2.38. The average Bonchev–Trinajstić information content (AvgIpc) is 3.42. The number of carbonyl (C=O) groups is 1. The van der Waals surface area contributed by atoms with Gasteiger partial charge in [-0.2, -0.15) is 36.7 Å². The number of pyridine rings is 1. The van der Waals surface area contributed by atoms with Gasteiger partial charge in [-0.1, -0.05) is 0 Å². The number of nitrogens with zero attached hydrogens (tertiary/aromatic N) is 4. The Labute approximate surface area is 180 Å². The Hall–Kier alpha value is -4.34. The van der Waals surface area contributed by atoms with Gasteiger partial charge in [-0.25, -0.2) is 14.5 Å². The minimum Gasteiger partial charge on any atom is -0.475 e. The van der Waals surface area contributed by atoms with Crippen molar-refractivity contribution in [3.05, 3.63) is 66.2 Å². The van der Waals surface area contributed by atoms with E-state index in [0.717, 1.165) is 28.6 Å². The third-order valence-electron chi connectivity index (χ3n) is 4.29. The highest BCUT2D eigenvalue weighted by Crippen LogP contribution is 2.33. The molecule has 2 N–H and O–H groups in total. The van der Waals surface area contributed by atoms with Gasteiger partial charge in [0.2, 0.25) is 0 Å². The molecule has 0 radical (unpaired) electrons. The highest BCUT2D eigenvalue weighted by atomic mass is 19.4. The number of hydrogen-bond acceptors (Lipinski definition) is 4. The number of carboxylic acids is 1. The number of fused-ring (bicyclic) bond motifs is 1. The van der Waals surface area contributed by atoms with E-state index in [-0.39, 0.29) is 5.69 Å². The molecule has 0 aliphatic rings. The van der Waals surface area contributed by atoms with Crippen LogP contribution in [0, 0.1) is 11.3 Å². The maximum absolute atomic E-state index is 13.1. The number of aromatic amines is 1. The number of nitriles is 1. The third kappa shape index (κ3) is 5.12. The Morgan fingerprint density at radius 3 is 2.42 bits per heavy atom. The summed E-state index contributed by atoms with van der Waals surface area (Å²) in [6.07, 6.45) is -3.06. The van der Waals surface area contributed by atoms with Gasteiger partial charge in [0.1, 0.15) is 5.65 Å². The summed E-state index contributed by atoms with van der Waals surface area (Å²) in [5.74, 6) is -2.76. The fourth-order valence-electron chi connectivity index (χ4n) is 2.82. The molecule has 3 aromatic heterocycles. The predicted octanol–water partition coefficient (Wildman–Crippen LogP) is 4.94. The van der Waals surface area contributed by atoms with Gasteiger partial charge >= 0.3 is 18.3 Å². The van der Waals surface area contributed by atoms with Crippen LogP contribution in [0.25, 0.3) is 27.8 Å². The van der Waals surface area contributed by atoms with Crippen molar-refractivity contribution in [2.75, 3.05) is 0 Å². The normalized spacial score (nSPS) is 11.5. The molecule has 0 aliphatic heterocycles. The van der Waals surface area contributed by atoms with E-state index >= 15 is 0 Å². The Morgan fingerprint density at radius 2 is 1.82 bits per heavy atom. The minimum atomic E-state index is -5.08. The summed E-state index contributed by atoms with van der Waals surface area (Å²) in [4.78, 5) is 16.1. The second-order valence-electron chi connectivity index (χ2n) is 6.41. The van der Waals surface area contributed by atoms with Crippen molar-refractivity contribution in [3.8, 4) is 22.9 Å². The number of rotatable bonds is 2. The number of hydrogen-bond donors (Lipinski definition) is 2. The molecular weight excluding hydrogens is 456 g/mol. The second-order valence-corrected chi connectivity index (χ2v) is 6.41. The summed E-state index contributed by atoms with van der Waals surface area (Å²) in [5, 5.41) is 21.1. The average molecular weight is 467 g/mol. The van der Waals surface area contributed by atoms with Gasteiger partial charge in [0.15, 0.2) is 0 Å². The van der Waals surface area contributed by atoms with E-state index in [1.165, 1.54) is 10.7 Å². The standard InChI is InChI=1S/C18H10F3N5.C2HF3O2/c19-18(20,21)16-7-13(2-1-11(16)8-22)26-10-12(9-25-26)14-3-5-23-17-15(14)4-6-24-17;3-2(4,5)1(6)7/h1-7,9-10H,(H,23,24);(H,6,7). The van der Waals surface area contributed by atoms with E-state index in [1.54, 1.807) is 30.9 Å². The van der Waals surface area contributed by atoms with Gasteiger partial charge in [0.05, 0.1) is 29.1 Å². The fourth-order valence-corrected chi connectivity index (χ4v) is 2.82. The lowest BCUT2D eigenvalue weighted by atomic mass is 10.1. The Bertz CT molecular complexity index is 1350. The summed E-state index contributed by atoms with van der Waals surface area (Å²) in [7, 11) is 0. The second kappa shape index (κ2) is 8.65. The summed E-state index contributed by atoms with van der Waals surface area (Å²) in [5.41, 5.74) is 1.15. The van der Waals surface area contributed by atoms with Crippen molar-refractivity contribution in [1.82, 2.24) is 19.7 Å². The molecule has 4 aromatic rings. The van der Waals surface area contributed by atoms with E-state index in [0.29, 0.717) is 5.65 Å². The number of H-pyrrole nitrogens is 1. The van der Waals surface area contributed by atoms with Gasteiger partial charge in [-0.15, -0.1) is 0 Å². The first-order valence-electron chi connectivity index (χ1n) is 8.81. The monoisotopic (exact) mass is 467 g/mol. The van der Waals surface area contributed by atoms with Gasteiger partial charge in [-0.05, 0) is 35.9 Å². The van der Waals surface area contributed by atoms with E-state index in [2.05, 4.69) is 15.1 Å². The van der Waals surface area contributed by atoms with Crippen LogP contribution in [0.3, 0.4) is 0 Å². The lowest BCUT2D eigenvalue weighted by Gasteiger charge is -2.10. The minimum absolute atomic E-state index is 0.224. The Balaban J connectivity index is 0.000000383. The van der Waals surface area contributed by atoms with Crippen LogP contribution in [0.4, 0.5) is 26.3 Å². The molecular formula is C20H11F6N5O2. The largest absolute Gasteiger partial charge is 0.490 e. The van der Waals surface area contributed by atoms with Crippen molar-refractivity contribution in [3.63, 3.8) is 0 Å². The molecule has 0 atom stereocenters. The fraction of sp³-hybridized carbons (Fsp3) is 0.100. The molecule has 0 amide bonds. The molecule has 1 aromatic carbocycles. The molecule has 4 rings (SSSR count). The number of aliphatic carboxylic acids is 1. The van der Waals surface area contributed by atoms with Crippen molar-refractivity contribution < 1.29 is 36.2 Å². The molecule has 0 unspecified atom stereocenters. The molecule has 3 heterocycles. The first-order chi connectivity index (χ1) is 15.4. The lowest BCUT2D eigenvalue weighted by Crippen LogP contribution is -2.21. The number of benzene rings is 1. The van der Waals surface area contributed by atoms with E-state index < -0.39 is 29.4 Å². The molecule has 13 heteroatoms. The van der Waals surface area contributed by atoms with Crippen LogP contribution >= 0.6 is 0 Å². The quantitative estimate of drug-likeness (QED) is 0.406. The maximum atomic E-state index is 13.1. The highest BCUT2D eigenvalue weighted by molar-refractivity contribution is 5.92. The van der Waals surface area contributed by atoms with Gasteiger partial charge in [0.25, 0.3) is 0 Å². The molecule has 0 bridgehead atoms. The summed E-state index contributed by atoms with van der Waals surface area (Å²) in [6.45, 7) is 0. The number of nitrogens with one attached hydrogen (secondary N) is 1. The first-order valence-corrected chi connectivity index (χ1v) is 8.81. The van der Waals surface area contributed by atoms with Crippen LogP contribution in [0.1, 0.15) is 11.1 Å². The van der Waals surface area contributed by atoms with Crippen LogP contribution < -0.4 is 0 Å². The third-order valence-corrected chi connectivity index (χ3v) is 4.29. The zero-order valence-corrected chi connectivity index (χ0v) is 16.1. The van der Waals surface area contributed by atoms with E-state index in [9.17, 15) is 26.3 Å². The molecule has 7 nitrogen and oxygen atoms in total. The van der Waals surface area contributed by atoms with Gasteiger partial charge in [0, 0.05) is 29.5 Å². The van der Waals surface area contributed by atoms with Crippen molar-refractivity contribution in [2.45, 2.75) is 12.4 Å². The molecule has 0 spiro atoms. The maximum Gasteiger partial charge on any atom is 0.490 e. The molecule has 0 aliphatic carbocycles. The van der Waals surface area contributed by atoms with Crippen LogP contribution in [0.5, 0.6) is 0 Å². The predicted molar refractivity (Wildman–Crippen MR) is 102 cm³/mol. The molecule has 0 saturated heterocycles. The van der Waals surface area contributed by atoms with Crippen molar-refractivity contribution in [2.24, 2.45) is 0 Å². The first kappa shape index (κ1) is 23.3.